The Kier molecular flexibility index (Phi) is 5.80. The molecule has 1 aliphatic rings. The van der Waals surface area contributed by atoms with Crippen LogP contribution in [0.3, 0.4) is 0 Å². The van der Waals surface area contributed by atoms with Crippen molar-refractivity contribution in [1.82, 2.24) is 9.88 Å². The number of aromatic nitrogens is 1. The van der Waals surface area contributed by atoms with Gasteiger partial charge in [0, 0.05) is 24.8 Å². The van der Waals surface area contributed by atoms with Crippen LogP contribution in [0.15, 0.2) is 24.5 Å². The molecule has 2 heterocycles. The predicted octanol–water partition coefficient (Wildman–Crippen LogP) is 2.19. The van der Waals surface area contributed by atoms with Crippen LogP contribution in [0.25, 0.3) is 0 Å². The molecule has 2 rings (SSSR count). The summed E-state index contributed by atoms with van der Waals surface area (Å²) in [6.07, 6.45) is 5.76. The van der Waals surface area contributed by atoms with Gasteiger partial charge in [0.1, 0.15) is 5.75 Å². The Balaban J connectivity index is 1.80. The molecule has 1 aliphatic heterocycles. The molecule has 1 unspecified atom stereocenters. The molecule has 0 aromatic carbocycles. The van der Waals surface area contributed by atoms with Gasteiger partial charge in [0.15, 0.2) is 0 Å². The highest BCUT2D eigenvalue weighted by atomic mass is 16.5. The van der Waals surface area contributed by atoms with Gasteiger partial charge in [-0.25, -0.2) is 0 Å². The highest BCUT2D eigenvalue weighted by molar-refractivity contribution is 5.15. The molecule has 1 aromatic heterocycles. The number of piperidine rings is 1. The standard InChI is InChI=1S/C16H26N2O2/c1-13(2)18-8-5-14(6-9-18)15(11-19)12-20-16-4-3-7-17-10-16/h3-4,7,10,13-15,19H,5-6,8-9,11-12H2,1-2H3. The van der Waals surface area contributed by atoms with Crippen molar-refractivity contribution in [2.24, 2.45) is 11.8 Å². The van der Waals surface area contributed by atoms with Crippen molar-refractivity contribution in [1.29, 1.82) is 0 Å². The van der Waals surface area contributed by atoms with Gasteiger partial charge in [0.25, 0.3) is 0 Å². The third-order valence-corrected chi connectivity index (χ3v) is 4.30. The van der Waals surface area contributed by atoms with Crippen LogP contribution < -0.4 is 4.74 Å². The smallest absolute Gasteiger partial charge is 0.137 e. The average molecular weight is 278 g/mol. The van der Waals surface area contributed by atoms with Crippen LogP contribution in [-0.2, 0) is 0 Å². The van der Waals surface area contributed by atoms with Crippen molar-refractivity contribution in [3.8, 4) is 5.75 Å². The normalized spacial score (nSPS) is 19.2. The number of pyridine rings is 1. The molecule has 4 heteroatoms. The van der Waals surface area contributed by atoms with Gasteiger partial charge in [0.2, 0.25) is 0 Å². The summed E-state index contributed by atoms with van der Waals surface area (Å²) >= 11 is 0. The number of aliphatic hydroxyl groups excluding tert-OH is 1. The Morgan fingerprint density at radius 1 is 1.40 bits per heavy atom. The van der Waals surface area contributed by atoms with E-state index in [9.17, 15) is 5.11 Å². The first kappa shape index (κ1) is 15.3. The largest absolute Gasteiger partial charge is 0.492 e. The van der Waals surface area contributed by atoms with Crippen molar-refractivity contribution < 1.29 is 9.84 Å². The molecule has 0 saturated carbocycles. The van der Waals surface area contributed by atoms with E-state index in [1.165, 1.54) is 0 Å². The fourth-order valence-electron chi connectivity index (χ4n) is 2.88. The third-order valence-electron chi connectivity index (χ3n) is 4.30. The lowest BCUT2D eigenvalue weighted by molar-refractivity contribution is 0.0647. The van der Waals surface area contributed by atoms with Gasteiger partial charge in [-0.2, -0.15) is 0 Å². The van der Waals surface area contributed by atoms with Crippen molar-refractivity contribution in [3.63, 3.8) is 0 Å². The Labute approximate surface area is 121 Å². The van der Waals surface area contributed by atoms with Crippen LogP contribution >= 0.6 is 0 Å². The maximum Gasteiger partial charge on any atom is 0.137 e. The van der Waals surface area contributed by atoms with E-state index in [0.29, 0.717) is 18.6 Å². The second-order valence-corrected chi connectivity index (χ2v) is 5.91. The molecule has 0 aliphatic carbocycles. The Hall–Kier alpha value is -1.13. The topological polar surface area (TPSA) is 45.6 Å². The molecule has 0 bridgehead atoms. The molecule has 4 nitrogen and oxygen atoms in total. The monoisotopic (exact) mass is 278 g/mol. The van der Waals surface area contributed by atoms with Crippen molar-refractivity contribution >= 4 is 0 Å². The maximum absolute atomic E-state index is 9.62. The maximum atomic E-state index is 9.62. The summed E-state index contributed by atoms with van der Waals surface area (Å²) in [6, 6.07) is 4.39. The molecular weight excluding hydrogens is 252 g/mol. The van der Waals surface area contributed by atoms with Gasteiger partial charge in [-0.1, -0.05) is 0 Å². The summed E-state index contributed by atoms with van der Waals surface area (Å²) in [4.78, 5) is 6.54. The van der Waals surface area contributed by atoms with Crippen LogP contribution in [0.1, 0.15) is 26.7 Å². The van der Waals surface area contributed by atoms with Crippen molar-refractivity contribution in [3.05, 3.63) is 24.5 Å². The highest BCUT2D eigenvalue weighted by Gasteiger charge is 2.27. The molecule has 1 N–H and O–H groups in total. The zero-order valence-corrected chi connectivity index (χ0v) is 12.5. The number of hydrogen-bond donors (Lipinski definition) is 1. The van der Waals surface area contributed by atoms with Gasteiger partial charge >= 0.3 is 0 Å². The van der Waals surface area contributed by atoms with Crippen molar-refractivity contribution in [2.75, 3.05) is 26.3 Å². The SMILES string of the molecule is CC(C)N1CCC(C(CO)COc2cccnc2)CC1. The molecule has 0 radical (unpaired) electrons. The van der Waals surface area contributed by atoms with Gasteiger partial charge in [0.05, 0.1) is 12.8 Å². The molecule has 1 atom stereocenters. The highest BCUT2D eigenvalue weighted by Crippen LogP contribution is 2.26. The molecular formula is C16H26N2O2. The van der Waals surface area contributed by atoms with E-state index in [1.54, 1.807) is 12.4 Å². The van der Waals surface area contributed by atoms with E-state index in [4.69, 9.17) is 4.74 Å². The van der Waals surface area contributed by atoms with Crippen LogP contribution in [0.5, 0.6) is 5.75 Å². The lowest BCUT2D eigenvalue weighted by Gasteiger charge is -2.37. The van der Waals surface area contributed by atoms with Gasteiger partial charge in [-0.3, -0.25) is 4.98 Å². The lowest BCUT2D eigenvalue weighted by Crippen LogP contribution is -2.41. The van der Waals surface area contributed by atoms with E-state index in [-0.39, 0.29) is 12.5 Å². The summed E-state index contributed by atoms with van der Waals surface area (Å²) in [6.45, 7) is 7.53. The summed E-state index contributed by atoms with van der Waals surface area (Å²) < 4.78 is 5.75. The van der Waals surface area contributed by atoms with E-state index in [1.807, 2.05) is 12.1 Å². The zero-order valence-electron chi connectivity index (χ0n) is 12.5. The number of hydrogen-bond acceptors (Lipinski definition) is 4. The molecule has 0 amide bonds. The van der Waals surface area contributed by atoms with Gasteiger partial charge in [-0.15, -0.1) is 0 Å². The molecule has 1 saturated heterocycles. The number of rotatable bonds is 6. The molecule has 1 fully saturated rings. The van der Waals surface area contributed by atoms with Crippen molar-refractivity contribution in [2.45, 2.75) is 32.7 Å². The first-order chi connectivity index (χ1) is 9.70. The third kappa shape index (κ3) is 4.18. The number of ether oxygens (including phenoxy) is 1. The van der Waals surface area contributed by atoms with E-state index < -0.39 is 0 Å². The van der Waals surface area contributed by atoms with Crippen LogP contribution in [0.2, 0.25) is 0 Å². The summed E-state index contributed by atoms with van der Waals surface area (Å²) in [7, 11) is 0. The minimum atomic E-state index is 0.201. The second kappa shape index (κ2) is 7.60. The predicted molar refractivity (Wildman–Crippen MR) is 79.7 cm³/mol. The van der Waals surface area contributed by atoms with Crippen LogP contribution in [-0.4, -0.2) is 47.3 Å². The lowest BCUT2D eigenvalue weighted by atomic mass is 9.85. The molecule has 112 valence electrons. The summed E-state index contributed by atoms with van der Waals surface area (Å²) in [5.41, 5.74) is 0. The van der Waals surface area contributed by atoms with Gasteiger partial charge < -0.3 is 14.7 Å². The van der Waals surface area contributed by atoms with E-state index >= 15 is 0 Å². The first-order valence-electron chi connectivity index (χ1n) is 7.58. The number of aliphatic hydroxyl groups is 1. The first-order valence-corrected chi connectivity index (χ1v) is 7.58. The van der Waals surface area contributed by atoms with E-state index in [0.717, 1.165) is 31.7 Å². The molecule has 20 heavy (non-hydrogen) atoms. The minimum absolute atomic E-state index is 0.201. The van der Waals surface area contributed by atoms with Crippen LogP contribution in [0.4, 0.5) is 0 Å². The fourth-order valence-corrected chi connectivity index (χ4v) is 2.88. The molecule has 0 spiro atoms. The number of nitrogens with zero attached hydrogens (tertiary/aromatic N) is 2. The quantitative estimate of drug-likeness (QED) is 0.866. The Morgan fingerprint density at radius 3 is 2.70 bits per heavy atom. The summed E-state index contributed by atoms with van der Waals surface area (Å²) in [5, 5.41) is 9.62. The molecule has 1 aromatic rings. The zero-order chi connectivity index (χ0) is 14.4. The average Bonchev–Trinajstić information content (AvgIpc) is 2.49. The Bertz CT molecular complexity index is 375. The Morgan fingerprint density at radius 2 is 2.15 bits per heavy atom. The van der Waals surface area contributed by atoms with Crippen LogP contribution in [0, 0.1) is 11.8 Å². The second-order valence-electron chi connectivity index (χ2n) is 5.91. The fraction of sp³-hybridized carbons (Fsp3) is 0.688. The van der Waals surface area contributed by atoms with Gasteiger partial charge in [-0.05, 0) is 57.8 Å². The van der Waals surface area contributed by atoms with E-state index in [2.05, 4.69) is 23.7 Å². The number of likely N-dealkylation sites (tertiary alicyclic amines) is 1. The minimum Gasteiger partial charge on any atom is -0.492 e. The summed E-state index contributed by atoms with van der Waals surface area (Å²) in [5.74, 6) is 1.57.